The number of nitrogens with one attached hydrogen (secondary N) is 3. The van der Waals surface area contributed by atoms with E-state index in [2.05, 4.69) is 15.6 Å². The van der Waals surface area contributed by atoms with Crippen LogP contribution in [-0.4, -0.2) is 55.3 Å². The summed E-state index contributed by atoms with van der Waals surface area (Å²) in [6.07, 6.45) is 3.45. The Balaban J connectivity index is 1.66. The molecule has 1 aromatic heterocycles. The standard InChI is InChI=1S/C16H24N4O3/c21-14-11-3-1-2-4-12(11)19-16(23)13(14)15(22)18-7-10-20-8-5-17-6-9-20/h17H,1-10H2,(H,18,22)(H2,19,21,23)/p+2. The zero-order valence-corrected chi connectivity index (χ0v) is 13.4. The molecule has 1 fully saturated rings. The predicted molar refractivity (Wildman–Crippen MR) is 84.9 cm³/mol. The Morgan fingerprint density at radius 1 is 1.26 bits per heavy atom. The fourth-order valence-corrected chi connectivity index (χ4v) is 3.55. The van der Waals surface area contributed by atoms with Crippen molar-refractivity contribution in [2.75, 3.05) is 39.3 Å². The van der Waals surface area contributed by atoms with E-state index in [1.165, 1.54) is 4.90 Å². The number of aromatic nitrogens is 1. The van der Waals surface area contributed by atoms with E-state index in [9.17, 15) is 14.7 Å². The van der Waals surface area contributed by atoms with E-state index in [0.717, 1.165) is 63.2 Å². The minimum atomic E-state index is -0.486. The third kappa shape index (κ3) is 3.56. The van der Waals surface area contributed by atoms with Gasteiger partial charge >= 0.3 is 0 Å². The lowest BCUT2D eigenvalue weighted by Crippen LogP contribution is -3.20. The number of aromatic hydroxyl groups is 1. The molecule has 1 amide bonds. The number of pyridine rings is 1. The smallest absolute Gasteiger partial charge is 0.264 e. The molecule has 0 bridgehead atoms. The Morgan fingerprint density at radius 2 is 2.00 bits per heavy atom. The normalized spacial score (nSPS) is 18.4. The number of carbonyl (C=O) groups excluding carboxylic acids is 1. The first kappa shape index (κ1) is 16.0. The molecule has 1 aliphatic carbocycles. The molecule has 126 valence electrons. The third-order valence-electron chi connectivity index (χ3n) is 4.88. The fourth-order valence-electron chi connectivity index (χ4n) is 3.55. The molecular weight excluding hydrogens is 296 g/mol. The van der Waals surface area contributed by atoms with Crippen LogP contribution in [0.4, 0.5) is 0 Å². The van der Waals surface area contributed by atoms with Crippen molar-refractivity contribution in [1.29, 1.82) is 0 Å². The highest BCUT2D eigenvalue weighted by atomic mass is 16.3. The van der Waals surface area contributed by atoms with Crippen LogP contribution in [0.25, 0.3) is 0 Å². The highest BCUT2D eigenvalue weighted by Gasteiger charge is 2.24. The summed E-state index contributed by atoms with van der Waals surface area (Å²) >= 11 is 0. The van der Waals surface area contributed by atoms with E-state index >= 15 is 0 Å². The maximum Gasteiger partial charge on any atom is 0.264 e. The zero-order chi connectivity index (χ0) is 16.2. The number of aromatic amines is 1. The van der Waals surface area contributed by atoms with Gasteiger partial charge in [-0.05, 0) is 25.7 Å². The van der Waals surface area contributed by atoms with Gasteiger partial charge in [0.2, 0.25) is 0 Å². The van der Waals surface area contributed by atoms with Crippen LogP contribution in [0.5, 0.6) is 5.75 Å². The van der Waals surface area contributed by atoms with Crippen molar-refractivity contribution < 1.29 is 20.1 Å². The summed E-state index contributed by atoms with van der Waals surface area (Å²) in [5, 5.41) is 15.4. The lowest BCUT2D eigenvalue weighted by atomic mass is 9.93. The van der Waals surface area contributed by atoms with E-state index < -0.39 is 11.5 Å². The molecule has 3 rings (SSSR count). The Morgan fingerprint density at radius 3 is 2.78 bits per heavy atom. The maximum absolute atomic E-state index is 12.3. The van der Waals surface area contributed by atoms with Gasteiger partial charge in [0.25, 0.3) is 11.5 Å². The van der Waals surface area contributed by atoms with Gasteiger partial charge in [-0.3, -0.25) is 9.59 Å². The van der Waals surface area contributed by atoms with Crippen molar-refractivity contribution in [2.24, 2.45) is 0 Å². The van der Waals surface area contributed by atoms with Crippen molar-refractivity contribution in [2.45, 2.75) is 25.7 Å². The van der Waals surface area contributed by atoms with E-state index in [0.29, 0.717) is 13.0 Å². The van der Waals surface area contributed by atoms with Gasteiger partial charge in [-0.2, -0.15) is 0 Å². The number of rotatable bonds is 4. The van der Waals surface area contributed by atoms with E-state index in [1.807, 2.05) is 0 Å². The van der Waals surface area contributed by atoms with Gasteiger partial charge in [0.1, 0.15) is 37.5 Å². The number of carbonyl (C=O) groups is 1. The number of amides is 1. The number of aryl methyl sites for hydroxylation is 1. The number of nitrogens with two attached hydrogens (primary N) is 1. The molecule has 1 aromatic rings. The molecule has 0 spiro atoms. The van der Waals surface area contributed by atoms with Crippen LogP contribution in [-0.2, 0) is 12.8 Å². The Kier molecular flexibility index (Phi) is 4.97. The van der Waals surface area contributed by atoms with Gasteiger partial charge in [0.15, 0.2) is 0 Å². The van der Waals surface area contributed by atoms with Crippen LogP contribution in [0, 0.1) is 0 Å². The minimum absolute atomic E-state index is 0.124. The van der Waals surface area contributed by atoms with Gasteiger partial charge in [-0.1, -0.05) is 0 Å². The molecule has 2 heterocycles. The zero-order valence-electron chi connectivity index (χ0n) is 13.4. The first-order chi connectivity index (χ1) is 11.2. The van der Waals surface area contributed by atoms with Crippen molar-refractivity contribution in [3.8, 4) is 5.75 Å². The molecule has 1 saturated heterocycles. The van der Waals surface area contributed by atoms with E-state index in [1.54, 1.807) is 0 Å². The SMILES string of the molecule is O=C(NCC[NH+]1CC[NH2+]CC1)c1c(O)c2c([nH]c1=O)CCCC2. The number of hydrogen-bond acceptors (Lipinski definition) is 3. The second-order valence-corrected chi connectivity index (χ2v) is 6.46. The summed E-state index contributed by atoms with van der Waals surface area (Å²) in [7, 11) is 0. The predicted octanol–water partition coefficient (Wildman–Crippen LogP) is -2.85. The average Bonchev–Trinajstić information content (AvgIpc) is 2.56. The molecule has 1 aliphatic heterocycles. The van der Waals surface area contributed by atoms with Crippen molar-refractivity contribution in [3.63, 3.8) is 0 Å². The molecular formula is C16H26N4O3+2. The van der Waals surface area contributed by atoms with Gasteiger partial charge in [-0.15, -0.1) is 0 Å². The summed E-state index contributed by atoms with van der Waals surface area (Å²) in [5.41, 5.74) is 0.899. The summed E-state index contributed by atoms with van der Waals surface area (Å²) < 4.78 is 0. The molecule has 7 heteroatoms. The van der Waals surface area contributed by atoms with Crippen molar-refractivity contribution in [1.82, 2.24) is 10.3 Å². The second-order valence-electron chi connectivity index (χ2n) is 6.46. The van der Waals surface area contributed by atoms with Crippen LogP contribution in [0.3, 0.4) is 0 Å². The van der Waals surface area contributed by atoms with Crippen LogP contribution < -0.4 is 21.1 Å². The van der Waals surface area contributed by atoms with Crippen LogP contribution >= 0.6 is 0 Å². The number of piperazine rings is 1. The molecule has 23 heavy (non-hydrogen) atoms. The molecule has 0 aromatic carbocycles. The minimum Gasteiger partial charge on any atom is -0.507 e. The number of fused-ring (bicyclic) bond motifs is 1. The molecule has 0 saturated carbocycles. The summed E-state index contributed by atoms with van der Waals surface area (Å²) in [6.45, 7) is 5.80. The lowest BCUT2D eigenvalue weighted by molar-refractivity contribution is -0.945. The highest BCUT2D eigenvalue weighted by molar-refractivity contribution is 5.96. The Bertz CT molecular complexity index is 635. The van der Waals surface area contributed by atoms with Crippen LogP contribution in [0.2, 0.25) is 0 Å². The summed E-state index contributed by atoms with van der Waals surface area (Å²) in [6, 6.07) is 0. The van der Waals surface area contributed by atoms with Gasteiger partial charge < -0.3 is 25.6 Å². The Labute approximate surface area is 135 Å². The molecule has 2 aliphatic rings. The monoisotopic (exact) mass is 322 g/mol. The van der Waals surface area contributed by atoms with Gasteiger partial charge in [-0.25, -0.2) is 0 Å². The van der Waals surface area contributed by atoms with Crippen LogP contribution in [0.1, 0.15) is 34.5 Å². The second kappa shape index (κ2) is 7.14. The summed E-state index contributed by atoms with van der Waals surface area (Å²) in [4.78, 5) is 28.7. The number of hydrogen-bond donors (Lipinski definition) is 5. The summed E-state index contributed by atoms with van der Waals surface area (Å²) in [5.74, 6) is -0.596. The average molecular weight is 322 g/mol. The maximum atomic E-state index is 12.3. The highest BCUT2D eigenvalue weighted by Crippen LogP contribution is 2.28. The topological polar surface area (TPSA) is 103 Å². The lowest BCUT2D eigenvalue weighted by Gasteiger charge is -2.22. The molecule has 0 atom stereocenters. The number of H-pyrrole nitrogens is 1. The van der Waals surface area contributed by atoms with Gasteiger partial charge in [0, 0.05) is 11.3 Å². The third-order valence-corrected chi connectivity index (χ3v) is 4.88. The van der Waals surface area contributed by atoms with Crippen LogP contribution in [0.15, 0.2) is 4.79 Å². The number of quaternary nitrogens is 2. The van der Waals surface area contributed by atoms with E-state index in [-0.39, 0.29) is 11.3 Å². The molecule has 6 N–H and O–H groups in total. The molecule has 0 unspecified atom stereocenters. The molecule has 0 radical (unpaired) electrons. The van der Waals surface area contributed by atoms with E-state index in [4.69, 9.17) is 0 Å². The van der Waals surface area contributed by atoms with Gasteiger partial charge in [0.05, 0.1) is 13.1 Å². The largest absolute Gasteiger partial charge is 0.507 e. The molecule has 7 nitrogen and oxygen atoms in total. The Hall–Kier alpha value is -1.86. The van der Waals surface area contributed by atoms with Crippen molar-refractivity contribution >= 4 is 5.91 Å². The fraction of sp³-hybridized carbons (Fsp3) is 0.625. The quantitative estimate of drug-likeness (QED) is 0.412. The first-order valence-corrected chi connectivity index (χ1v) is 8.57. The first-order valence-electron chi connectivity index (χ1n) is 8.57. The van der Waals surface area contributed by atoms with Crippen molar-refractivity contribution in [3.05, 3.63) is 27.2 Å².